The highest BCUT2D eigenvalue weighted by molar-refractivity contribution is 7.92. The normalized spacial score (nSPS) is 11.6. The Balaban J connectivity index is 1.58. The predicted molar refractivity (Wildman–Crippen MR) is 129 cm³/mol. The summed E-state index contributed by atoms with van der Waals surface area (Å²) in [6.07, 6.45) is 8.35. The number of fused-ring (bicyclic) bond motifs is 1. The van der Waals surface area contributed by atoms with Gasteiger partial charge in [0.15, 0.2) is 5.65 Å². The van der Waals surface area contributed by atoms with E-state index in [9.17, 15) is 17.2 Å². The van der Waals surface area contributed by atoms with Gasteiger partial charge in [-0.25, -0.2) is 32.2 Å². The van der Waals surface area contributed by atoms with Crippen molar-refractivity contribution in [3.63, 3.8) is 0 Å². The molecule has 0 aliphatic heterocycles. The largest absolute Gasteiger partial charge is 0.480 e. The van der Waals surface area contributed by atoms with E-state index in [0.717, 1.165) is 28.6 Å². The van der Waals surface area contributed by atoms with Crippen molar-refractivity contribution >= 4 is 26.7 Å². The molecule has 1 aromatic carbocycles. The number of benzene rings is 1. The highest BCUT2D eigenvalue weighted by Gasteiger charge is 2.22. The predicted octanol–water partition coefficient (Wildman–Crippen LogP) is 4.18. The Morgan fingerprint density at radius 3 is 2.44 bits per heavy atom. The first-order valence-electron chi connectivity index (χ1n) is 10.5. The lowest BCUT2D eigenvalue weighted by molar-refractivity contribution is 0.400. The molecule has 5 aromatic rings. The van der Waals surface area contributed by atoms with Crippen molar-refractivity contribution in [2.45, 2.75) is 4.90 Å². The van der Waals surface area contributed by atoms with E-state index in [4.69, 9.17) is 4.74 Å². The van der Waals surface area contributed by atoms with Crippen LogP contribution in [0.25, 0.3) is 33.3 Å². The number of rotatable bonds is 6. The summed E-state index contributed by atoms with van der Waals surface area (Å²) in [5.74, 6) is -2.15. The molecule has 0 saturated heterocycles. The first kappa shape index (κ1) is 23.3. The SMILES string of the molecule is COc1ncc(-c2cnc3nccc(-c4cnn(C)c4)c3c2)cc1NS(=O)(=O)c1ccc(F)cc1F. The average Bonchev–Trinajstić information content (AvgIpc) is 3.28. The molecule has 36 heavy (non-hydrogen) atoms. The van der Waals surface area contributed by atoms with Gasteiger partial charge in [0, 0.05) is 60.0 Å². The van der Waals surface area contributed by atoms with Gasteiger partial charge in [0.05, 0.1) is 13.3 Å². The molecular formula is C24H18F2N6O3S. The monoisotopic (exact) mass is 508 g/mol. The van der Waals surface area contributed by atoms with E-state index >= 15 is 0 Å². The van der Waals surface area contributed by atoms with E-state index < -0.39 is 26.6 Å². The second-order valence-corrected chi connectivity index (χ2v) is 9.47. The van der Waals surface area contributed by atoms with Crippen molar-refractivity contribution in [1.29, 1.82) is 0 Å². The molecule has 0 atom stereocenters. The molecule has 0 aliphatic rings. The van der Waals surface area contributed by atoms with Gasteiger partial charge >= 0.3 is 0 Å². The third kappa shape index (κ3) is 4.33. The Morgan fingerprint density at radius 1 is 0.944 bits per heavy atom. The Labute approximate surface area is 204 Å². The number of hydrogen-bond acceptors (Lipinski definition) is 7. The maximum absolute atomic E-state index is 14.2. The number of aryl methyl sites for hydroxylation is 1. The number of pyridine rings is 3. The molecular weight excluding hydrogens is 490 g/mol. The molecule has 4 aromatic heterocycles. The van der Waals surface area contributed by atoms with Crippen molar-refractivity contribution in [3.8, 4) is 28.1 Å². The molecule has 182 valence electrons. The van der Waals surface area contributed by atoms with E-state index in [1.165, 1.54) is 19.4 Å². The van der Waals surface area contributed by atoms with Crippen molar-refractivity contribution in [2.75, 3.05) is 11.8 Å². The van der Waals surface area contributed by atoms with Crippen LogP contribution in [0.2, 0.25) is 0 Å². The van der Waals surface area contributed by atoms with Crippen molar-refractivity contribution in [2.24, 2.45) is 7.05 Å². The lowest BCUT2D eigenvalue weighted by Crippen LogP contribution is -2.15. The molecule has 0 aliphatic carbocycles. The molecule has 1 N–H and O–H groups in total. The number of ether oxygens (including phenoxy) is 1. The second-order valence-electron chi connectivity index (χ2n) is 7.82. The molecule has 4 heterocycles. The van der Waals surface area contributed by atoms with Crippen LogP contribution in [-0.4, -0.2) is 40.3 Å². The number of sulfonamides is 1. The molecule has 0 fully saturated rings. The number of aromatic nitrogens is 5. The van der Waals surface area contributed by atoms with Crippen LogP contribution in [0, 0.1) is 11.6 Å². The summed E-state index contributed by atoms with van der Waals surface area (Å²) in [5, 5.41) is 4.98. The zero-order valence-electron chi connectivity index (χ0n) is 19.0. The Hall–Kier alpha value is -4.45. The van der Waals surface area contributed by atoms with Gasteiger partial charge in [-0.1, -0.05) is 0 Å². The molecule has 0 saturated carbocycles. The molecule has 12 heteroatoms. The smallest absolute Gasteiger partial charge is 0.264 e. The van der Waals surface area contributed by atoms with Gasteiger partial charge < -0.3 is 4.74 Å². The number of methoxy groups -OCH3 is 1. The Morgan fingerprint density at radius 2 is 1.72 bits per heavy atom. The first-order chi connectivity index (χ1) is 17.2. The van der Waals surface area contributed by atoms with E-state index in [1.807, 2.05) is 25.4 Å². The van der Waals surface area contributed by atoms with Gasteiger partial charge in [0.2, 0.25) is 5.88 Å². The maximum Gasteiger partial charge on any atom is 0.264 e. The molecule has 0 spiro atoms. The third-order valence-electron chi connectivity index (χ3n) is 5.42. The van der Waals surface area contributed by atoms with Crippen LogP contribution in [0.4, 0.5) is 14.5 Å². The van der Waals surface area contributed by atoms with Gasteiger partial charge in [0.1, 0.15) is 22.2 Å². The van der Waals surface area contributed by atoms with E-state index in [-0.39, 0.29) is 11.6 Å². The summed E-state index contributed by atoms with van der Waals surface area (Å²) in [7, 11) is -1.27. The lowest BCUT2D eigenvalue weighted by Gasteiger charge is -2.13. The summed E-state index contributed by atoms with van der Waals surface area (Å²) in [6.45, 7) is 0. The van der Waals surface area contributed by atoms with Gasteiger partial charge in [-0.2, -0.15) is 5.10 Å². The minimum absolute atomic E-state index is 0.0301. The summed E-state index contributed by atoms with van der Waals surface area (Å²) < 4.78 is 62.3. The zero-order chi connectivity index (χ0) is 25.4. The van der Waals surface area contributed by atoms with Gasteiger partial charge in [0.25, 0.3) is 10.0 Å². The van der Waals surface area contributed by atoms with Gasteiger partial charge in [-0.05, 0) is 35.9 Å². The fourth-order valence-electron chi connectivity index (χ4n) is 3.74. The number of halogens is 2. The van der Waals surface area contributed by atoms with Crippen molar-refractivity contribution in [1.82, 2.24) is 24.7 Å². The van der Waals surface area contributed by atoms with Crippen LogP contribution in [0.3, 0.4) is 0 Å². The highest BCUT2D eigenvalue weighted by Crippen LogP contribution is 2.33. The molecule has 5 rings (SSSR count). The fourth-order valence-corrected chi connectivity index (χ4v) is 4.85. The summed E-state index contributed by atoms with van der Waals surface area (Å²) in [6, 6.07) is 7.41. The quantitative estimate of drug-likeness (QED) is 0.366. The zero-order valence-corrected chi connectivity index (χ0v) is 19.8. The molecule has 0 amide bonds. The van der Waals surface area contributed by atoms with Crippen LogP contribution in [0.5, 0.6) is 5.88 Å². The van der Waals surface area contributed by atoms with Crippen molar-refractivity contribution < 1.29 is 21.9 Å². The standard InChI is InChI=1S/C24H18F2N6O3S/c1-32-13-16(12-30-32)18-5-6-27-23-19(18)7-14(10-28-23)15-8-21(24(35-2)29-11-15)31-36(33,34)22-4-3-17(25)9-20(22)26/h3-13,31H,1-2H3. The maximum atomic E-state index is 14.2. The summed E-state index contributed by atoms with van der Waals surface area (Å²) in [5.41, 5.74) is 3.39. The minimum atomic E-state index is -4.41. The number of anilines is 1. The average molecular weight is 509 g/mol. The van der Waals surface area contributed by atoms with Gasteiger partial charge in [-0.15, -0.1) is 0 Å². The van der Waals surface area contributed by atoms with Crippen LogP contribution >= 0.6 is 0 Å². The highest BCUT2D eigenvalue weighted by atomic mass is 32.2. The number of nitrogens with one attached hydrogen (secondary N) is 1. The van der Waals surface area contributed by atoms with Crippen molar-refractivity contribution in [3.05, 3.63) is 79.0 Å². The Kier molecular flexibility index (Phi) is 5.80. The number of hydrogen-bond donors (Lipinski definition) is 1. The van der Waals surface area contributed by atoms with E-state index in [2.05, 4.69) is 24.8 Å². The summed E-state index contributed by atoms with van der Waals surface area (Å²) >= 11 is 0. The topological polar surface area (TPSA) is 112 Å². The fraction of sp³-hybridized carbons (Fsp3) is 0.0833. The molecule has 0 unspecified atom stereocenters. The third-order valence-corrected chi connectivity index (χ3v) is 6.82. The molecule has 0 radical (unpaired) electrons. The van der Waals surface area contributed by atoms with Crippen LogP contribution in [0.15, 0.2) is 72.3 Å². The van der Waals surface area contributed by atoms with E-state index in [0.29, 0.717) is 22.8 Å². The first-order valence-corrected chi connectivity index (χ1v) is 12.0. The Bertz CT molecular complexity index is 1720. The minimum Gasteiger partial charge on any atom is -0.480 e. The van der Waals surface area contributed by atoms with Gasteiger partial charge in [-0.3, -0.25) is 9.40 Å². The molecule has 0 bridgehead atoms. The summed E-state index contributed by atoms with van der Waals surface area (Å²) in [4.78, 5) is 12.2. The number of nitrogens with zero attached hydrogens (tertiary/aromatic N) is 5. The lowest BCUT2D eigenvalue weighted by atomic mass is 10.0. The van der Waals surface area contributed by atoms with Crippen LogP contribution in [-0.2, 0) is 17.1 Å². The van der Waals surface area contributed by atoms with Crippen LogP contribution in [0.1, 0.15) is 0 Å². The van der Waals surface area contributed by atoms with Crippen LogP contribution < -0.4 is 9.46 Å². The molecule has 9 nitrogen and oxygen atoms in total. The second kappa shape index (κ2) is 8.96. The van der Waals surface area contributed by atoms with E-state index in [1.54, 1.807) is 23.3 Å².